The molecule has 0 heterocycles. The second-order valence-corrected chi connectivity index (χ2v) is 6.16. The molecule has 0 amide bonds. The van der Waals surface area contributed by atoms with Crippen LogP contribution in [0.3, 0.4) is 0 Å². The molecular weight excluding hydrogens is 246 g/mol. The number of hydrogen-bond donors (Lipinski definition) is 1. The van der Waals surface area contributed by atoms with Gasteiger partial charge in [-0.2, -0.15) is 0 Å². The fourth-order valence-electron chi connectivity index (χ4n) is 3.13. The minimum Gasteiger partial charge on any atom is -0.389 e. The van der Waals surface area contributed by atoms with E-state index in [1.54, 1.807) is 6.92 Å². The highest BCUT2D eigenvalue weighted by atomic mass is 16.6. The number of ketones is 1. The fraction of sp³-hybridized carbons (Fsp3) is 0.929. The molecule has 1 aliphatic carbocycles. The van der Waals surface area contributed by atoms with Gasteiger partial charge in [-0.05, 0) is 26.7 Å². The molecule has 0 unspecified atom stereocenters. The van der Waals surface area contributed by atoms with Crippen LogP contribution in [0.1, 0.15) is 65.7 Å². The summed E-state index contributed by atoms with van der Waals surface area (Å²) in [5.41, 5.74) is -2.12. The van der Waals surface area contributed by atoms with Gasteiger partial charge in [0.2, 0.25) is 5.54 Å². The van der Waals surface area contributed by atoms with Gasteiger partial charge in [-0.15, -0.1) is 0 Å². The largest absolute Gasteiger partial charge is 0.389 e. The van der Waals surface area contributed by atoms with Crippen LogP contribution < -0.4 is 0 Å². The lowest BCUT2D eigenvalue weighted by molar-refractivity contribution is -0.579. The molecule has 1 rings (SSSR count). The summed E-state index contributed by atoms with van der Waals surface area (Å²) >= 11 is 0. The normalized spacial score (nSPS) is 35.1. The summed E-state index contributed by atoms with van der Waals surface area (Å²) in [6, 6.07) is 0. The number of nitro groups is 1. The number of rotatable bonds is 6. The van der Waals surface area contributed by atoms with E-state index in [4.69, 9.17) is 0 Å². The number of carbonyl (C=O) groups excluding carboxylic acids is 1. The van der Waals surface area contributed by atoms with Crippen LogP contribution in [0.2, 0.25) is 0 Å². The third kappa shape index (κ3) is 3.53. The molecule has 0 aromatic carbocycles. The van der Waals surface area contributed by atoms with E-state index < -0.39 is 17.1 Å². The van der Waals surface area contributed by atoms with Crippen LogP contribution in [0.25, 0.3) is 0 Å². The second kappa shape index (κ2) is 5.99. The number of aliphatic hydroxyl groups is 1. The van der Waals surface area contributed by atoms with Crippen LogP contribution in [-0.4, -0.2) is 27.0 Å². The van der Waals surface area contributed by atoms with Crippen molar-refractivity contribution < 1.29 is 14.8 Å². The zero-order valence-corrected chi connectivity index (χ0v) is 12.1. The topological polar surface area (TPSA) is 80.4 Å². The van der Waals surface area contributed by atoms with Crippen LogP contribution in [0.15, 0.2) is 0 Å². The predicted molar refractivity (Wildman–Crippen MR) is 72.5 cm³/mol. The van der Waals surface area contributed by atoms with Crippen molar-refractivity contribution >= 4 is 5.78 Å². The molecule has 1 saturated carbocycles. The minimum atomic E-state index is -1.10. The molecule has 0 aromatic rings. The second-order valence-electron chi connectivity index (χ2n) is 6.16. The molecule has 0 radical (unpaired) electrons. The first-order valence-electron chi connectivity index (χ1n) is 7.12. The first-order chi connectivity index (χ1) is 8.75. The van der Waals surface area contributed by atoms with Crippen molar-refractivity contribution in [3.8, 4) is 0 Å². The molecule has 0 spiro atoms. The van der Waals surface area contributed by atoms with Gasteiger partial charge in [-0.25, -0.2) is 0 Å². The average Bonchev–Trinajstić information content (AvgIpc) is 2.30. The van der Waals surface area contributed by atoms with Crippen molar-refractivity contribution in [1.29, 1.82) is 0 Å². The van der Waals surface area contributed by atoms with E-state index in [0.717, 1.165) is 19.3 Å². The highest BCUT2D eigenvalue weighted by Crippen LogP contribution is 2.43. The lowest BCUT2D eigenvalue weighted by Gasteiger charge is -2.42. The third-order valence-corrected chi connectivity index (χ3v) is 4.55. The van der Waals surface area contributed by atoms with Gasteiger partial charge in [0.1, 0.15) is 5.78 Å². The van der Waals surface area contributed by atoms with Crippen molar-refractivity contribution in [2.45, 2.75) is 76.9 Å². The number of unbranched alkanes of at least 4 members (excludes halogenated alkanes) is 2. The summed E-state index contributed by atoms with van der Waals surface area (Å²) in [6.45, 7) is 5.10. The van der Waals surface area contributed by atoms with Crippen LogP contribution in [0.5, 0.6) is 0 Å². The molecule has 1 fully saturated rings. The molecule has 1 aliphatic rings. The van der Waals surface area contributed by atoms with E-state index in [0.29, 0.717) is 19.3 Å². The Morgan fingerprint density at radius 1 is 1.42 bits per heavy atom. The predicted octanol–water partition coefficient (Wildman–Crippen LogP) is 2.72. The van der Waals surface area contributed by atoms with Crippen molar-refractivity contribution in [1.82, 2.24) is 0 Å². The molecule has 0 saturated heterocycles. The SMILES string of the molecule is CCCCC[C@@]1([N+](=O)[O-])CC[C@](C)(O)[C@H](C(C)=O)C1. The van der Waals surface area contributed by atoms with Gasteiger partial charge < -0.3 is 5.11 Å². The molecule has 0 aromatic heterocycles. The summed E-state index contributed by atoms with van der Waals surface area (Å²) in [4.78, 5) is 22.9. The summed E-state index contributed by atoms with van der Waals surface area (Å²) in [5.74, 6) is -0.764. The lowest BCUT2D eigenvalue weighted by atomic mass is 9.65. The summed E-state index contributed by atoms with van der Waals surface area (Å²) in [6.07, 6.45) is 4.16. The van der Waals surface area contributed by atoms with Gasteiger partial charge in [-0.3, -0.25) is 14.9 Å². The molecule has 0 bridgehead atoms. The Balaban J connectivity index is 2.89. The summed E-state index contributed by atoms with van der Waals surface area (Å²) in [7, 11) is 0. The highest BCUT2D eigenvalue weighted by Gasteiger charge is 2.54. The van der Waals surface area contributed by atoms with Crippen molar-refractivity contribution in [2.24, 2.45) is 5.92 Å². The first-order valence-corrected chi connectivity index (χ1v) is 7.12. The minimum absolute atomic E-state index is 0.147. The number of Topliss-reactive ketones (excluding diaryl/α,β-unsaturated/α-hetero) is 1. The van der Waals surface area contributed by atoms with E-state index in [9.17, 15) is 20.0 Å². The van der Waals surface area contributed by atoms with Gasteiger partial charge in [0, 0.05) is 24.2 Å². The average molecular weight is 271 g/mol. The van der Waals surface area contributed by atoms with Crippen LogP contribution in [0, 0.1) is 16.0 Å². The maximum atomic E-state index is 11.7. The van der Waals surface area contributed by atoms with Gasteiger partial charge in [0.25, 0.3) is 0 Å². The Morgan fingerprint density at radius 2 is 2.05 bits per heavy atom. The molecular formula is C14H25NO4. The molecule has 1 N–H and O–H groups in total. The van der Waals surface area contributed by atoms with Gasteiger partial charge in [-0.1, -0.05) is 19.8 Å². The van der Waals surface area contributed by atoms with Gasteiger partial charge in [0.05, 0.1) is 11.5 Å². The Hall–Kier alpha value is -0.970. The monoisotopic (exact) mass is 271 g/mol. The zero-order chi connectivity index (χ0) is 14.7. The third-order valence-electron chi connectivity index (χ3n) is 4.55. The van der Waals surface area contributed by atoms with E-state index in [1.165, 1.54) is 6.92 Å². The molecule has 0 aliphatic heterocycles. The smallest absolute Gasteiger partial charge is 0.223 e. The molecule has 19 heavy (non-hydrogen) atoms. The fourth-order valence-corrected chi connectivity index (χ4v) is 3.13. The van der Waals surface area contributed by atoms with E-state index in [-0.39, 0.29) is 17.1 Å². The highest BCUT2D eigenvalue weighted by molar-refractivity contribution is 5.79. The maximum absolute atomic E-state index is 11.7. The lowest BCUT2D eigenvalue weighted by Crippen LogP contribution is -2.53. The van der Waals surface area contributed by atoms with Crippen LogP contribution in [-0.2, 0) is 4.79 Å². The van der Waals surface area contributed by atoms with E-state index in [1.807, 2.05) is 0 Å². The van der Waals surface area contributed by atoms with Crippen molar-refractivity contribution in [3.63, 3.8) is 0 Å². The molecule has 110 valence electrons. The zero-order valence-electron chi connectivity index (χ0n) is 12.1. The van der Waals surface area contributed by atoms with E-state index in [2.05, 4.69) is 6.92 Å². The number of nitrogens with zero attached hydrogens (tertiary/aromatic N) is 1. The van der Waals surface area contributed by atoms with Crippen molar-refractivity contribution in [3.05, 3.63) is 10.1 Å². The van der Waals surface area contributed by atoms with Gasteiger partial charge in [0.15, 0.2) is 0 Å². The molecule has 5 nitrogen and oxygen atoms in total. The Morgan fingerprint density at radius 3 is 2.53 bits per heavy atom. The van der Waals surface area contributed by atoms with Crippen LogP contribution in [0.4, 0.5) is 0 Å². The van der Waals surface area contributed by atoms with Crippen molar-refractivity contribution in [2.75, 3.05) is 0 Å². The Bertz CT molecular complexity index is 353. The Labute approximate surface area is 114 Å². The molecule has 5 heteroatoms. The standard InChI is InChI=1S/C14H25NO4/c1-4-5-6-7-14(15(18)19)9-8-13(3,17)12(10-14)11(2)16/h12,17H,4-10H2,1-3H3/t12-,13-,14+/m0/s1. The number of hydrogen-bond acceptors (Lipinski definition) is 4. The summed E-state index contributed by atoms with van der Waals surface area (Å²) in [5, 5.41) is 21.7. The number of carbonyl (C=O) groups is 1. The maximum Gasteiger partial charge on any atom is 0.223 e. The summed E-state index contributed by atoms with van der Waals surface area (Å²) < 4.78 is 0. The van der Waals surface area contributed by atoms with E-state index >= 15 is 0 Å². The van der Waals surface area contributed by atoms with Crippen LogP contribution >= 0.6 is 0 Å². The Kier molecular flexibility index (Phi) is 5.07. The molecule has 3 atom stereocenters. The van der Waals surface area contributed by atoms with Gasteiger partial charge >= 0.3 is 0 Å². The quantitative estimate of drug-likeness (QED) is 0.457. The first kappa shape index (κ1) is 16.1.